The first-order valence-corrected chi connectivity index (χ1v) is 7.12. The van der Waals surface area contributed by atoms with Crippen molar-refractivity contribution in [3.8, 4) is 0 Å². The average Bonchev–Trinajstić information content (AvgIpc) is 2.39. The zero-order chi connectivity index (χ0) is 13.7. The summed E-state index contributed by atoms with van der Waals surface area (Å²) in [5.74, 6) is -0.177. The van der Waals surface area contributed by atoms with Crippen LogP contribution < -0.4 is 0 Å². The number of benzene rings is 1. The van der Waals surface area contributed by atoms with Crippen molar-refractivity contribution >= 4 is 21.8 Å². The molecule has 0 aromatic heterocycles. The highest BCUT2D eigenvalue weighted by atomic mass is 79.9. The number of rotatable bonds is 5. The van der Waals surface area contributed by atoms with E-state index in [1.165, 1.54) is 12.1 Å². The van der Waals surface area contributed by atoms with E-state index < -0.39 is 0 Å². The Kier molecular flexibility index (Phi) is 5.79. The maximum absolute atomic E-state index is 12.9. The Morgan fingerprint density at radius 1 is 1.33 bits per heavy atom. The van der Waals surface area contributed by atoms with Gasteiger partial charge in [-0.25, -0.2) is 4.39 Å². The monoisotopic (exact) mass is 315 g/mol. The van der Waals surface area contributed by atoms with E-state index in [0.29, 0.717) is 6.54 Å². The van der Waals surface area contributed by atoms with Gasteiger partial charge in [-0.2, -0.15) is 0 Å². The van der Waals surface area contributed by atoms with Crippen molar-refractivity contribution in [3.63, 3.8) is 0 Å². The van der Waals surface area contributed by atoms with Gasteiger partial charge in [-0.15, -0.1) is 0 Å². The summed E-state index contributed by atoms with van der Waals surface area (Å²) in [5.41, 5.74) is 0.947. The SMILES string of the molecule is CCC(Br)C(=O)N(CC)C(C)c1ccc(F)cc1. The first-order chi connectivity index (χ1) is 8.51. The van der Waals surface area contributed by atoms with Gasteiger partial charge in [0.1, 0.15) is 5.82 Å². The van der Waals surface area contributed by atoms with Gasteiger partial charge in [-0.05, 0) is 38.0 Å². The fourth-order valence-corrected chi connectivity index (χ4v) is 2.16. The van der Waals surface area contributed by atoms with E-state index in [1.807, 2.05) is 20.8 Å². The lowest BCUT2D eigenvalue weighted by molar-refractivity contribution is -0.132. The van der Waals surface area contributed by atoms with Gasteiger partial charge in [0.15, 0.2) is 0 Å². The molecule has 2 unspecified atom stereocenters. The second-order valence-corrected chi connectivity index (χ2v) is 5.33. The maximum Gasteiger partial charge on any atom is 0.236 e. The highest BCUT2D eigenvalue weighted by molar-refractivity contribution is 9.10. The van der Waals surface area contributed by atoms with Crippen molar-refractivity contribution in [2.75, 3.05) is 6.54 Å². The Morgan fingerprint density at radius 2 is 1.89 bits per heavy atom. The summed E-state index contributed by atoms with van der Waals surface area (Å²) >= 11 is 3.38. The largest absolute Gasteiger partial charge is 0.335 e. The van der Waals surface area contributed by atoms with Gasteiger partial charge >= 0.3 is 0 Å². The lowest BCUT2D eigenvalue weighted by atomic mass is 10.1. The van der Waals surface area contributed by atoms with Gasteiger partial charge in [-0.3, -0.25) is 4.79 Å². The molecule has 0 N–H and O–H groups in total. The van der Waals surface area contributed by atoms with Crippen LogP contribution in [0.2, 0.25) is 0 Å². The number of amides is 1. The number of hydrogen-bond donors (Lipinski definition) is 0. The summed E-state index contributed by atoms with van der Waals surface area (Å²) in [6.07, 6.45) is 0.755. The van der Waals surface area contributed by atoms with Gasteiger partial charge in [0.2, 0.25) is 5.91 Å². The van der Waals surface area contributed by atoms with E-state index in [9.17, 15) is 9.18 Å². The van der Waals surface area contributed by atoms with E-state index in [0.717, 1.165) is 12.0 Å². The molecule has 1 aromatic carbocycles. The molecule has 0 spiro atoms. The molecule has 100 valence electrons. The maximum atomic E-state index is 12.9. The minimum atomic E-state index is -0.257. The third-order valence-corrected chi connectivity index (χ3v) is 4.11. The molecule has 0 aliphatic heterocycles. The minimum Gasteiger partial charge on any atom is -0.335 e. The van der Waals surface area contributed by atoms with Crippen LogP contribution in [0.25, 0.3) is 0 Å². The fourth-order valence-electron chi connectivity index (χ4n) is 1.90. The van der Waals surface area contributed by atoms with E-state index in [2.05, 4.69) is 15.9 Å². The van der Waals surface area contributed by atoms with Gasteiger partial charge in [-0.1, -0.05) is 35.0 Å². The second kappa shape index (κ2) is 6.88. The normalized spacial score (nSPS) is 14.1. The zero-order valence-corrected chi connectivity index (χ0v) is 12.6. The molecule has 0 heterocycles. The van der Waals surface area contributed by atoms with E-state index >= 15 is 0 Å². The van der Waals surface area contributed by atoms with Gasteiger partial charge in [0.05, 0.1) is 10.9 Å². The summed E-state index contributed by atoms with van der Waals surface area (Å²) in [6, 6.07) is 6.26. The van der Waals surface area contributed by atoms with E-state index in [1.54, 1.807) is 17.0 Å². The molecule has 0 fully saturated rings. The Morgan fingerprint density at radius 3 is 2.33 bits per heavy atom. The third-order valence-electron chi connectivity index (χ3n) is 3.07. The molecule has 1 aromatic rings. The predicted octanol–water partition coefficient (Wildman–Crippen LogP) is 3.91. The summed E-state index contributed by atoms with van der Waals surface area (Å²) in [5, 5.41) is 0. The highest BCUT2D eigenvalue weighted by Gasteiger charge is 2.24. The van der Waals surface area contributed by atoms with Crippen LogP contribution in [0.15, 0.2) is 24.3 Å². The van der Waals surface area contributed by atoms with Crippen LogP contribution in [0, 0.1) is 5.82 Å². The first kappa shape index (κ1) is 15.2. The van der Waals surface area contributed by atoms with Gasteiger partial charge < -0.3 is 4.90 Å². The molecule has 0 aliphatic carbocycles. The van der Waals surface area contributed by atoms with Crippen molar-refractivity contribution in [1.29, 1.82) is 0 Å². The number of hydrogen-bond acceptors (Lipinski definition) is 1. The van der Waals surface area contributed by atoms with Crippen LogP contribution in [-0.4, -0.2) is 22.2 Å². The summed E-state index contributed by atoms with van der Waals surface area (Å²) in [6.45, 7) is 6.52. The van der Waals surface area contributed by atoms with Crippen molar-refractivity contribution in [3.05, 3.63) is 35.6 Å². The van der Waals surface area contributed by atoms with Crippen LogP contribution in [0.4, 0.5) is 4.39 Å². The molecule has 2 nitrogen and oxygen atoms in total. The van der Waals surface area contributed by atoms with Crippen LogP contribution in [0.1, 0.15) is 38.8 Å². The number of alkyl halides is 1. The number of halogens is 2. The molecule has 0 aliphatic rings. The summed E-state index contributed by atoms with van der Waals surface area (Å²) in [7, 11) is 0. The molecule has 4 heteroatoms. The van der Waals surface area contributed by atoms with Crippen molar-refractivity contribution < 1.29 is 9.18 Å². The van der Waals surface area contributed by atoms with Crippen LogP contribution in [0.5, 0.6) is 0 Å². The molecular weight excluding hydrogens is 297 g/mol. The van der Waals surface area contributed by atoms with E-state index in [-0.39, 0.29) is 22.6 Å². The van der Waals surface area contributed by atoms with Crippen molar-refractivity contribution in [2.45, 2.75) is 38.1 Å². The molecule has 2 atom stereocenters. The standard InChI is InChI=1S/C14H19BrFNO/c1-4-13(15)14(18)17(5-2)10(3)11-6-8-12(16)9-7-11/h6-10,13H,4-5H2,1-3H3. The van der Waals surface area contributed by atoms with Crippen LogP contribution in [0.3, 0.4) is 0 Å². The highest BCUT2D eigenvalue weighted by Crippen LogP contribution is 2.23. The Bertz CT molecular complexity index is 393. The first-order valence-electron chi connectivity index (χ1n) is 6.21. The zero-order valence-electron chi connectivity index (χ0n) is 11.0. The second-order valence-electron chi connectivity index (χ2n) is 4.23. The lowest BCUT2D eigenvalue weighted by Gasteiger charge is -2.30. The average molecular weight is 316 g/mol. The van der Waals surface area contributed by atoms with Crippen molar-refractivity contribution in [2.24, 2.45) is 0 Å². The minimum absolute atomic E-state index is 0.0466. The van der Waals surface area contributed by atoms with Gasteiger partial charge in [0.25, 0.3) is 0 Å². The summed E-state index contributed by atoms with van der Waals surface area (Å²) < 4.78 is 12.9. The molecule has 1 rings (SSSR count). The van der Waals surface area contributed by atoms with Crippen molar-refractivity contribution in [1.82, 2.24) is 4.90 Å². The Hall–Kier alpha value is -0.900. The number of carbonyl (C=O) groups is 1. The third kappa shape index (κ3) is 3.55. The topological polar surface area (TPSA) is 20.3 Å². The molecule has 0 saturated heterocycles. The smallest absolute Gasteiger partial charge is 0.236 e. The quantitative estimate of drug-likeness (QED) is 0.754. The number of carbonyl (C=O) groups excluding carboxylic acids is 1. The Balaban J connectivity index is 2.88. The molecular formula is C14H19BrFNO. The van der Waals surface area contributed by atoms with E-state index in [4.69, 9.17) is 0 Å². The fraction of sp³-hybridized carbons (Fsp3) is 0.500. The van der Waals surface area contributed by atoms with Crippen LogP contribution >= 0.6 is 15.9 Å². The molecule has 0 radical (unpaired) electrons. The summed E-state index contributed by atoms with van der Waals surface area (Å²) in [4.78, 5) is 13.8. The molecule has 0 bridgehead atoms. The number of nitrogens with zero attached hydrogens (tertiary/aromatic N) is 1. The van der Waals surface area contributed by atoms with Gasteiger partial charge in [0, 0.05) is 6.54 Å². The molecule has 0 saturated carbocycles. The molecule has 18 heavy (non-hydrogen) atoms. The lowest BCUT2D eigenvalue weighted by Crippen LogP contribution is -2.38. The molecule has 1 amide bonds. The Labute approximate surface area is 116 Å². The van der Waals surface area contributed by atoms with Crippen LogP contribution in [-0.2, 0) is 4.79 Å². The predicted molar refractivity (Wildman–Crippen MR) is 75.2 cm³/mol.